The van der Waals surface area contributed by atoms with Crippen molar-refractivity contribution in [1.82, 2.24) is 0 Å². The third-order valence-corrected chi connectivity index (χ3v) is 5.27. The largest absolute Gasteiger partial charge is 0.465 e. The first-order valence-corrected chi connectivity index (χ1v) is 12.1. The smallest absolute Gasteiger partial charge is 0.316 e. The van der Waals surface area contributed by atoms with Crippen molar-refractivity contribution < 1.29 is 14.3 Å². The molecule has 0 spiro atoms. The molecule has 0 bridgehead atoms. The number of esters is 1. The van der Waals surface area contributed by atoms with Crippen molar-refractivity contribution in [3.63, 3.8) is 0 Å². The average Bonchev–Trinajstić information content (AvgIpc) is 2.79. The molecule has 0 aliphatic heterocycles. The molecule has 3 nitrogen and oxygen atoms in total. The maximum Gasteiger partial charge on any atom is 0.316 e. The van der Waals surface area contributed by atoms with E-state index in [-0.39, 0.29) is 11.8 Å². The van der Waals surface area contributed by atoms with Crippen molar-refractivity contribution in [3.8, 4) is 11.5 Å². The summed E-state index contributed by atoms with van der Waals surface area (Å²) in [6.07, 6.45) is 6.24. The molecule has 0 saturated heterocycles. The summed E-state index contributed by atoms with van der Waals surface area (Å²) in [6.45, 7) is 12.5. The van der Waals surface area contributed by atoms with Crippen molar-refractivity contribution in [2.45, 2.75) is 65.1 Å². The average molecular weight is 335 g/mol. The molecule has 0 aromatic heterocycles. The highest BCUT2D eigenvalue weighted by atomic mass is 28.3. The number of carbonyl (C=O) groups is 2. The number of Topliss-reactive ketones (excluding diaryl/α,β-unsaturated/α-hetero) is 1. The Kier molecular flexibility index (Phi) is 7.28. The predicted molar refractivity (Wildman–Crippen MR) is 96.6 cm³/mol. The molecular formula is C19H30O3Si. The van der Waals surface area contributed by atoms with Crippen LogP contribution in [0.2, 0.25) is 19.6 Å². The van der Waals surface area contributed by atoms with Crippen LogP contribution in [0, 0.1) is 22.8 Å². The van der Waals surface area contributed by atoms with Crippen LogP contribution in [-0.4, -0.2) is 26.4 Å². The van der Waals surface area contributed by atoms with Gasteiger partial charge in [-0.2, -0.15) is 0 Å². The molecule has 1 aliphatic rings. The van der Waals surface area contributed by atoms with E-state index in [0.717, 1.165) is 32.1 Å². The van der Waals surface area contributed by atoms with E-state index >= 15 is 0 Å². The lowest BCUT2D eigenvalue weighted by molar-refractivity contribution is -0.152. The van der Waals surface area contributed by atoms with Crippen LogP contribution in [0.4, 0.5) is 0 Å². The highest BCUT2D eigenvalue weighted by Gasteiger charge is 2.49. The zero-order valence-electron chi connectivity index (χ0n) is 15.0. The quantitative estimate of drug-likeness (QED) is 0.231. The third kappa shape index (κ3) is 5.66. The Morgan fingerprint density at radius 1 is 1.43 bits per heavy atom. The maximum atomic E-state index is 12.9. The third-order valence-electron chi connectivity index (χ3n) is 4.34. The molecule has 1 fully saturated rings. The van der Waals surface area contributed by atoms with Crippen LogP contribution in [0.3, 0.4) is 0 Å². The number of ketones is 1. The Hall–Kier alpha value is -1.34. The molecule has 1 saturated carbocycles. The van der Waals surface area contributed by atoms with Crippen LogP contribution in [-0.2, 0) is 14.3 Å². The molecule has 0 amide bonds. The summed E-state index contributed by atoms with van der Waals surface area (Å²) in [5, 5.41) is 0. The van der Waals surface area contributed by atoms with Gasteiger partial charge in [-0.25, -0.2) is 0 Å². The fraction of sp³-hybridized carbons (Fsp3) is 0.684. The number of hydrogen-bond acceptors (Lipinski definition) is 3. The summed E-state index contributed by atoms with van der Waals surface area (Å²) < 4.78 is 5.06. The molecule has 0 N–H and O–H groups in total. The number of rotatable bonds is 7. The molecule has 0 aromatic rings. The van der Waals surface area contributed by atoms with Gasteiger partial charge in [0.1, 0.15) is 14.0 Å². The van der Waals surface area contributed by atoms with E-state index < -0.39 is 19.4 Å². The summed E-state index contributed by atoms with van der Waals surface area (Å²) in [7, 11) is -1.38. The van der Waals surface area contributed by atoms with Gasteiger partial charge in [0, 0.05) is 11.8 Å². The van der Waals surface area contributed by atoms with Crippen LogP contribution < -0.4 is 0 Å². The van der Waals surface area contributed by atoms with Gasteiger partial charge < -0.3 is 4.74 Å². The summed E-state index contributed by atoms with van der Waals surface area (Å²) in [6, 6.07) is 0. The molecule has 1 rings (SSSR count). The molecule has 2 unspecified atom stereocenters. The van der Waals surface area contributed by atoms with Gasteiger partial charge in [-0.1, -0.05) is 25.7 Å². The zero-order valence-corrected chi connectivity index (χ0v) is 16.0. The van der Waals surface area contributed by atoms with Crippen molar-refractivity contribution in [2.24, 2.45) is 11.3 Å². The van der Waals surface area contributed by atoms with Crippen molar-refractivity contribution >= 4 is 19.8 Å². The number of ether oxygens (including phenoxy) is 1. The summed E-state index contributed by atoms with van der Waals surface area (Å²) in [5.41, 5.74) is 2.94. The minimum absolute atomic E-state index is 0.0626. The van der Waals surface area contributed by atoms with Gasteiger partial charge in [0.15, 0.2) is 5.78 Å². The van der Waals surface area contributed by atoms with E-state index in [4.69, 9.17) is 4.74 Å². The van der Waals surface area contributed by atoms with E-state index in [1.165, 1.54) is 0 Å². The van der Waals surface area contributed by atoms with Crippen LogP contribution in [0.15, 0.2) is 12.7 Å². The number of allylic oxidation sites excluding steroid dienone is 1. The molecule has 1 aliphatic carbocycles. The first-order valence-electron chi connectivity index (χ1n) is 8.57. The molecule has 128 valence electrons. The van der Waals surface area contributed by atoms with Crippen molar-refractivity contribution in [2.75, 3.05) is 6.61 Å². The Balaban J connectivity index is 2.83. The van der Waals surface area contributed by atoms with Crippen LogP contribution in [0.1, 0.15) is 45.4 Å². The minimum Gasteiger partial charge on any atom is -0.465 e. The van der Waals surface area contributed by atoms with Gasteiger partial charge in [-0.05, 0) is 39.0 Å². The molecule has 23 heavy (non-hydrogen) atoms. The topological polar surface area (TPSA) is 43.4 Å². The van der Waals surface area contributed by atoms with Crippen molar-refractivity contribution in [1.29, 1.82) is 0 Å². The van der Waals surface area contributed by atoms with Crippen LogP contribution in [0.5, 0.6) is 0 Å². The van der Waals surface area contributed by atoms with E-state index in [1.54, 1.807) is 6.92 Å². The highest BCUT2D eigenvalue weighted by Crippen LogP contribution is 2.46. The Labute approximate surface area is 141 Å². The monoisotopic (exact) mass is 334 g/mol. The summed E-state index contributed by atoms with van der Waals surface area (Å²) in [5.74, 6) is 2.39. The highest BCUT2D eigenvalue weighted by molar-refractivity contribution is 6.83. The van der Waals surface area contributed by atoms with Gasteiger partial charge in [0.25, 0.3) is 0 Å². The first-order chi connectivity index (χ1) is 10.8. The predicted octanol–water partition coefficient (Wildman–Crippen LogP) is 4.14. The Bertz CT molecular complexity index is 507. The first kappa shape index (κ1) is 19.7. The zero-order chi connectivity index (χ0) is 17.5. The fourth-order valence-corrected chi connectivity index (χ4v) is 3.80. The van der Waals surface area contributed by atoms with Crippen LogP contribution >= 0.6 is 0 Å². The van der Waals surface area contributed by atoms with Gasteiger partial charge in [0.2, 0.25) is 0 Å². The molecular weight excluding hydrogens is 304 g/mol. The minimum atomic E-state index is -1.38. The molecule has 4 heteroatoms. The van der Waals surface area contributed by atoms with Gasteiger partial charge >= 0.3 is 5.97 Å². The van der Waals surface area contributed by atoms with E-state index in [1.807, 2.05) is 6.08 Å². The van der Waals surface area contributed by atoms with E-state index in [2.05, 4.69) is 37.7 Å². The van der Waals surface area contributed by atoms with E-state index in [9.17, 15) is 9.59 Å². The second-order valence-corrected chi connectivity index (χ2v) is 12.1. The van der Waals surface area contributed by atoms with Gasteiger partial charge in [0.05, 0.1) is 6.61 Å². The lowest BCUT2D eigenvalue weighted by Gasteiger charge is -2.26. The summed E-state index contributed by atoms with van der Waals surface area (Å²) >= 11 is 0. The molecule has 0 aromatic carbocycles. The second kappa shape index (κ2) is 8.49. The number of carbonyl (C=O) groups excluding carboxylic acids is 2. The van der Waals surface area contributed by atoms with E-state index in [0.29, 0.717) is 13.0 Å². The lowest BCUT2D eigenvalue weighted by Crippen LogP contribution is -2.32. The van der Waals surface area contributed by atoms with Gasteiger partial charge in [-0.15, -0.1) is 18.0 Å². The van der Waals surface area contributed by atoms with Crippen LogP contribution in [0.25, 0.3) is 0 Å². The Morgan fingerprint density at radius 3 is 2.70 bits per heavy atom. The van der Waals surface area contributed by atoms with Gasteiger partial charge in [-0.3, -0.25) is 9.59 Å². The fourth-order valence-electron chi connectivity index (χ4n) is 3.14. The molecule has 0 radical (unpaired) electrons. The van der Waals surface area contributed by atoms with Crippen molar-refractivity contribution in [3.05, 3.63) is 12.7 Å². The SMILES string of the molecule is C=CCCC1(CCC#C[Si](C)(C)C)CCC(C(=O)OCC)C1=O. The second-order valence-electron chi connectivity index (χ2n) is 7.37. The summed E-state index contributed by atoms with van der Waals surface area (Å²) in [4.78, 5) is 24.9. The standard InChI is InChI=1S/C19H30O3Si/c1-6-8-12-19(13-9-10-15-23(3,4)5)14-11-16(17(19)20)18(21)22-7-2/h6,16H,1,7-9,11-14H2,2-5H3. The Morgan fingerprint density at radius 2 is 2.13 bits per heavy atom. The number of hydrogen-bond donors (Lipinski definition) is 0. The normalized spacial score (nSPS) is 24.0. The lowest BCUT2D eigenvalue weighted by atomic mass is 9.76. The molecule has 0 heterocycles. The molecule has 2 atom stereocenters. The maximum absolute atomic E-state index is 12.9.